The van der Waals surface area contributed by atoms with Gasteiger partial charge in [-0.25, -0.2) is 4.98 Å². The van der Waals surface area contributed by atoms with Gasteiger partial charge in [-0.05, 0) is 43.7 Å². The Kier molecular flexibility index (Phi) is 3.79. The highest BCUT2D eigenvalue weighted by Crippen LogP contribution is 2.28. The highest BCUT2D eigenvalue weighted by molar-refractivity contribution is 5.76. The zero-order chi connectivity index (χ0) is 16.5. The number of hydrogen-bond donors (Lipinski definition) is 1. The van der Waals surface area contributed by atoms with E-state index in [1.165, 1.54) is 11.1 Å². The minimum atomic E-state index is 0.438. The Balaban J connectivity index is 1.48. The number of benzene rings is 2. The Morgan fingerprint density at radius 3 is 2.88 bits per heavy atom. The maximum absolute atomic E-state index is 9.02. The molecule has 2 aromatic carbocycles. The van der Waals surface area contributed by atoms with Gasteiger partial charge in [-0.1, -0.05) is 29.8 Å². The number of rotatable bonds is 3. The number of nitrogens with zero attached hydrogens (tertiary/aromatic N) is 3. The topological polar surface area (TPSA) is 55.7 Å². The predicted octanol–water partition coefficient (Wildman–Crippen LogP) is 3.73. The number of imidazole rings is 1. The highest BCUT2D eigenvalue weighted by Gasteiger charge is 2.26. The summed E-state index contributed by atoms with van der Waals surface area (Å²) in [6, 6.07) is 16.6. The summed E-state index contributed by atoms with van der Waals surface area (Å²) in [5.41, 5.74) is 5.24. The molecule has 4 nitrogen and oxygen atoms in total. The Morgan fingerprint density at radius 1 is 1.25 bits per heavy atom. The number of nitriles is 1. The lowest BCUT2D eigenvalue weighted by molar-refractivity contribution is 0.326. The molecule has 1 aliphatic rings. The number of aromatic nitrogens is 2. The summed E-state index contributed by atoms with van der Waals surface area (Å²) < 4.78 is 0. The molecule has 0 radical (unpaired) electrons. The second-order valence-electron chi connectivity index (χ2n) is 6.67. The highest BCUT2D eigenvalue weighted by atomic mass is 15.2. The molecular formula is C20H20N4. The summed E-state index contributed by atoms with van der Waals surface area (Å²) in [4.78, 5) is 10.6. The van der Waals surface area contributed by atoms with Crippen LogP contribution in [0.25, 0.3) is 11.0 Å². The van der Waals surface area contributed by atoms with E-state index in [2.05, 4.69) is 47.1 Å². The molecule has 0 saturated carbocycles. The minimum Gasteiger partial charge on any atom is -0.342 e. The fourth-order valence-electron chi connectivity index (χ4n) is 3.44. The molecule has 2 heterocycles. The molecule has 0 bridgehead atoms. The normalized spacial score (nSPS) is 18.1. The van der Waals surface area contributed by atoms with Crippen LogP contribution in [0.4, 0.5) is 0 Å². The third kappa shape index (κ3) is 2.91. The molecule has 0 spiro atoms. The lowest BCUT2D eigenvalue weighted by Gasteiger charge is -2.15. The number of fused-ring (bicyclic) bond motifs is 1. The zero-order valence-electron chi connectivity index (χ0n) is 13.8. The molecule has 24 heavy (non-hydrogen) atoms. The average molecular weight is 316 g/mol. The number of nitrogens with one attached hydrogen (secondary N) is 1. The van der Waals surface area contributed by atoms with Crippen molar-refractivity contribution in [2.75, 3.05) is 13.1 Å². The van der Waals surface area contributed by atoms with Crippen LogP contribution in [-0.2, 0) is 6.54 Å². The molecule has 0 aliphatic carbocycles. The summed E-state index contributed by atoms with van der Waals surface area (Å²) in [5, 5.41) is 9.02. The molecule has 4 heteroatoms. The van der Waals surface area contributed by atoms with Gasteiger partial charge in [0.25, 0.3) is 0 Å². The van der Waals surface area contributed by atoms with Crippen molar-refractivity contribution in [3.63, 3.8) is 0 Å². The number of likely N-dealkylation sites (tertiary alicyclic amines) is 1. The number of hydrogen-bond acceptors (Lipinski definition) is 3. The second-order valence-corrected chi connectivity index (χ2v) is 6.67. The summed E-state index contributed by atoms with van der Waals surface area (Å²) >= 11 is 0. The molecule has 1 atom stereocenters. The molecule has 0 amide bonds. The molecule has 1 aromatic heterocycles. The van der Waals surface area contributed by atoms with Crippen molar-refractivity contribution in [2.45, 2.75) is 25.8 Å². The predicted molar refractivity (Wildman–Crippen MR) is 94.6 cm³/mol. The van der Waals surface area contributed by atoms with Crippen LogP contribution in [0.5, 0.6) is 0 Å². The average Bonchev–Trinajstić information content (AvgIpc) is 3.22. The van der Waals surface area contributed by atoms with E-state index < -0.39 is 0 Å². The summed E-state index contributed by atoms with van der Waals surface area (Å²) in [6.45, 7) is 5.24. The van der Waals surface area contributed by atoms with E-state index in [-0.39, 0.29) is 0 Å². The van der Waals surface area contributed by atoms with Crippen LogP contribution in [0.15, 0.2) is 42.5 Å². The maximum Gasteiger partial charge on any atom is 0.111 e. The van der Waals surface area contributed by atoms with E-state index >= 15 is 0 Å². The largest absolute Gasteiger partial charge is 0.342 e. The standard InChI is InChI=1S/C20H20N4/c1-14-2-4-15(5-3-14)12-24-9-8-17(13-24)20-22-18-7-6-16(11-21)10-19(18)23-20/h2-7,10,17H,8-9,12-13H2,1H3,(H,22,23). The lowest BCUT2D eigenvalue weighted by Crippen LogP contribution is -2.19. The smallest absolute Gasteiger partial charge is 0.111 e. The Bertz CT molecular complexity index is 902. The van der Waals surface area contributed by atoms with Gasteiger partial charge in [0.05, 0.1) is 22.7 Å². The van der Waals surface area contributed by atoms with Crippen LogP contribution in [0.1, 0.15) is 34.9 Å². The van der Waals surface area contributed by atoms with Crippen LogP contribution in [0.3, 0.4) is 0 Å². The van der Waals surface area contributed by atoms with E-state index in [0.717, 1.165) is 42.9 Å². The van der Waals surface area contributed by atoms with E-state index in [1.54, 1.807) is 0 Å². The van der Waals surface area contributed by atoms with E-state index in [9.17, 15) is 0 Å². The lowest BCUT2D eigenvalue weighted by atomic mass is 10.1. The molecule has 1 N–H and O–H groups in total. The third-order valence-electron chi connectivity index (χ3n) is 4.82. The first-order chi connectivity index (χ1) is 11.7. The summed E-state index contributed by atoms with van der Waals surface area (Å²) in [5.74, 6) is 1.49. The molecule has 1 unspecified atom stereocenters. The van der Waals surface area contributed by atoms with E-state index in [0.29, 0.717) is 11.5 Å². The Hall–Kier alpha value is -2.64. The van der Waals surface area contributed by atoms with E-state index in [1.807, 2.05) is 18.2 Å². The van der Waals surface area contributed by atoms with Crippen molar-refractivity contribution >= 4 is 11.0 Å². The van der Waals surface area contributed by atoms with Crippen LogP contribution in [-0.4, -0.2) is 28.0 Å². The number of aryl methyl sites for hydroxylation is 1. The number of aromatic amines is 1. The van der Waals surface area contributed by atoms with Crippen molar-refractivity contribution < 1.29 is 0 Å². The van der Waals surface area contributed by atoms with Crippen LogP contribution < -0.4 is 0 Å². The van der Waals surface area contributed by atoms with Gasteiger partial charge in [0, 0.05) is 19.0 Å². The fraction of sp³-hybridized carbons (Fsp3) is 0.300. The first-order valence-electron chi connectivity index (χ1n) is 8.39. The third-order valence-corrected chi connectivity index (χ3v) is 4.82. The van der Waals surface area contributed by atoms with Gasteiger partial charge in [-0.2, -0.15) is 5.26 Å². The summed E-state index contributed by atoms with van der Waals surface area (Å²) in [6.07, 6.45) is 1.12. The monoisotopic (exact) mass is 316 g/mol. The molecule has 1 aliphatic heterocycles. The van der Waals surface area contributed by atoms with Crippen LogP contribution in [0.2, 0.25) is 0 Å². The fourth-order valence-corrected chi connectivity index (χ4v) is 3.44. The van der Waals surface area contributed by atoms with Gasteiger partial charge in [-0.3, -0.25) is 4.90 Å². The first kappa shape index (κ1) is 14.9. The van der Waals surface area contributed by atoms with Gasteiger partial charge >= 0.3 is 0 Å². The quantitative estimate of drug-likeness (QED) is 0.801. The molecule has 1 saturated heterocycles. The maximum atomic E-state index is 9.02. The van der Waals surface area contributed by atoms with Gasteiger partial charge < -0.3 is 4.98 Å². The van der Waals surface area contributed by atoms with Crippen LogP contribution in [0, 0.1) is 18.3 Å². The zero-order valence-corrected chi connectivity index (χ0v) is 13.8. The van der Waals surface area contributed by atoms with Crippen LogP contribution >= 0.6 is 0 Å². The van der Waals surface area contributed by atoms with Gasteiger partial charge in [-0.15, -0.1) is 0 Å². The van der Waals surface area contributed by atoms with Crippen molar-refractivity contribution in [1.82, 2.24) is 14.9 Å². The minimum absolute atomic E-state index is 0.438. The Labute approximate surface area is 141 Å². The molecule has 3 aromatic rings. The molecule has 1 fully saturated rings. The van der Waals surface area contributed by atoms with Gasteiger partial charge in [0.1, 0.15) is 5.82 Å². The van der Waals surface area contributed by atoms with Crippen molar-refractivity contribution in [3.05, 3.63) is 65.0 Å². The second kappa shape index (κ2) is 6.10. The summed E-state index contributed by atoms with van der Waals surface area (Å²) in [7, 11) is 0. The molecule has 120 valence electrons. The number of H-pyrrole nitrogens is 1. The Morgan fingerprint density at radius 2 is 2.08 bits per heavy atom. The van der Waals surface area contributed by atoms with Gasteiger partial charge in [0.2, 0.25) is 0 Å². The first-order valence-corrected chi connectivity index (χ1v) is 8.39. The van der Waals surface area contributed by atoms with Crippen molar-refractivity contribution in [3.8, 4) is 6.07 Å². The molecule has 4 rings (SSSR count). The van der Waals surface area contributed by atoms with Crippen molar-refractivity contribution in [2.24, 2.45) is 0 Å². The van der Waals surface area contributed by atoms with Crippen molar-refractivity contribution in [1.29, 1.82) is 5.26 Å². The SMILES string of the molecule is Cc1ccc(CN2CCC(c3nc4ccc(C#N)cc4[nH]3)C2)cc1. The molecular weight excluding hydrogens is 296 g/mol. The van der Waals surface area contributed by atoms with E-state index in [4.69, 9.17) is 10.2 Å². The van der Waals surface area contributed by atoms with Gasteiger partial charge in [0.15, 0.2) is 0 Å².